The van der Waals surface area contributed by atoms with E-state index in [1.54, 1.807) is 46.5 Å². The Labute approximate surface area is 128 Å². The molecule has 6 heteroatoms. The highest BCUT2D eigenvalue weighted by Gasteiger charge is 2.24. The summed E-state index contributed by atoms with van der Waals surface area (Å²) in [4.78, 5) is 35.3. The van der Waals surface area contributed by atoms with Crippen LogP contribution in [0.25, 0.3) is 0 Å². The molecule has 0 aromatic carbocycles. The van der Waals surface area contributed by atoms with Crippen LogP contribution in [0.15, 0.2) is 42.7 Å². The zero-order valence-corrected chi connectivity index (χ0v) is 12.2. The molecule has 3 heterocycles. The fourth-order valence-corrected chi connectivity index (χ4v) is 2.61. The molecule has 2 amide bonds. The van der Waals surface area contributed by atoms with Gasteiger partial charge in [0.05, 0.1) is 0 Å². The van der Waals surface area contributed by atoms with Crippen molar-refractivity contribution >= 4 is 11.8 Å². The van der Waals surface area contributed by atoms with E-state index in [1.165, 1.54) is 0 Å². The maximum absolute atomic E-state index is 12.4. The second-order valence-corrected chi connectivity index (χ2v) is 5.24. The van der Waals surface area contributed by atoms with Crippen LogP contribution in [-0.2, 0) is 0 Å². The summed E-state index contributed by atoms with van der Waals surface area (Å²) in [5, 5.41) is 0. The van der Waals surface area contributed by atoms with E-state index in [9.17, 15) is 9.59 Å². The molecule has 2 aromatic rings. The van der Waals surface area contributed by atoms with Crippen molar-refractivity contribution in [2.45, 2.75) is 6.42 Å². The summed E-state index contributed by atoms with van der Waals surface area (Å²) in [7, 11) is 0. The van der Waals surface area contributed by atoms with Gasteiger partial charge in [-0.3, -0.25) is 14.6 Å². The lowest BCUT2D eigenvalue weighted by atomic mass is 10.3. The molecule has 1 saturated heterocycles. The highest BCUT2D eigenvalue weighted by Crippen LogP contribution is 2.10. The first-order chi connectivity index (χ1) is 10.8. The molecule has 0 saturated carbocycles. The van der Waals surface area contributed by atoms with Crippen LogP contribution in [0.3, 0.4) is 0 Å². The van der Waals surface area contributed by atoms with Crippen LogP contribution in [-0.4, -0.2) is 57.8 Å². The molecule has 0 unspecified atom stereocenters. The van der Waals surface area contributed by atoms with Crippen molar-refractivity contribution in [2.75, 3.05) is 26.2 Å². The van der Waals surface area contributed by atoms with Gasteiger partial charge < -0.3 is 14.8 Å². The van der Waals surface area contributed by atoms with E-state index in [0.717, 1.165) is 6.42 Å². The van der Waals surface area contributed by atoms with Crippen LogP contribution >= 0.6 is 0 Å². The largest absolute Gasteiger partial charge is 0.357 e. The standard InChI is InChI=1S/C16H18N4O2/c21-15(13-5-1-2-7-17-13)19-9-4-10-20(12-11-19)16(22)14-6-3-8-18-14/h1-3,5-8,18H,4,9-12H2. The molecule has 6 nitrogen and oxygen atoms in total. The number of hydrogen-bond donors (Lipinski definition) is 1. The van der Waals surface area contributed by atoms with E-state index in [2.05, 4.69) is 9.97 Å². The number of nitrogens with zero attached hydrogens (tertiary/aromatic N) is 3. The second-order valence-electron chi connectivity index (χ2n) is 5.24. The maximum atomic E-state index is 12.4. The molecule has 0 aliphatic carbocycles. The van der Waals surface area contributed by atoms with Crippen molar-refractivity contribution in [1.82, 2.24) is 19.8 Å². The van der Waals surface area contributed by atoms with Crippen LogP contribution < -0.4 is 0 Å². The third kappa shape index (κ3) is 3.00. The first kappa shape index (κ1) is 14.3. The first-order valence-electron chi connectivity index (χ1n) is 7.38. The lowest BCUT2D eigenvalue weighted by molar-refractivity contribution is 0.0713. The van der Waals surface area contributed by atoms with Gasteiger partial charge in [0, 0.05) is 38.6 Å². The number of rotatable bonds is 2. The quantitative estimate of drug-likeness (QED) is 0.911. The Kier molecular flexibility index (Phi) is 4.18. The van der Waals surface area contributed by atoms with E-state index < -0.39 is 0 Å². The highest BCUT2D eigenvalue weighted by molar-refractivity contribution is 5.93. The number of pyridine rings is 1. The van der Waals surface area contributed by atoms with Gasteiger partial charge >= 0.3 is 0 Å². The van der Waals surface area contributed by atoms with E-state index in [0.29, 0.717) is 37.6 Å². The minimum Gasteiger partial charge on any atom is -0.357 e. The van der Waals surface area contributed by atoms with Crippen molar-refractivity contribution in [3.63, 3.8) is 0 Å². The van der Waals surface area contributed by atoms with Crippen LogP contribution in [0.2, 0.25) is 0 Å². The molecule has 114 valence electrons. The average molecular weight is 298 g/mol. The summed E-state index contributed by atoms with van der Waals surface area (Å²) < 4.78 is 0. The third-order valence-electron chi connectivity index (χ3n) is 3.78. The Hall–Kier alpha value is -2.63. The Morgan fingerprint density at radius 2 is 1.73 bits per heavy atom. The van der Waals surface area contributed by atoms with Gasteiger partial charge in [0.2, 0.25) is 0 Å². The third-order valence-corrected chi connectivity index (χ3v) is 3.78. The minimum absolute atomic E-state index is 0.0165. The number of carbonyl (C=O) groups is 2. The van der Waals surface area contributed by atoms with Crippen LogP contribution in [0.4, 0.5) is 0 Å². The van der Waals surface area contributed by atoms with Gasteiger partial charge in [-0.25, -0.2) is 0 Å². The lowest BCUT2D eigenvalue weighted by Crippen LogP contribution is -2.37. The molecule has 22 heavy (non-hydrogen) atoms. The molecule has 1 aliphatic heterocycles. The fourth-order valence-electron chi connectivity index (χ4n) is 2.61. The van der Waals surface area contributed by atoms with E-state index >= 15 is 0 Å². The van der Waals surface area contributed by atoms with Gasteiger partial charge in [-0.15, -0.1) is 0 Å². The number of hydrogen-bond acceptors (Lipinski definition) is 3. The Morgan fingerprint density at radius 3 is 2.36 bits per heavy atom. The van der Waals surface area contributed by atoms with Gasteiger partial charge in [-0.1, -0.05) is 6.07 Å². The lowest BCUT2D eigenvalue weighted by Gasteiger charge is -2.21. The molecule has 1 fully saturated rings. The summed E-state index contributed by atoms with van der Waals surface area (Å²) in [6, 6.07) is 8.89. The molecule has 0 radical (unpaired) electrons. The van der Waals surface area contributed by atoms with Crippen molar-refractivity contribution in [2.24, 2.45) is 0 Å². The SMILES string of the molecule is O=C(c1ccccn1)N1CCCN(C(=O)c2ccc[nH]2)CC1. The Morgan fingerprint density at radius 1 is 0.955 bits per heavy atom. The average Bonchev–Trinajstić information content (AvgIpc) is 2.99. The zero-order chi connectivity index (χ0) is 15.4. The molecular formula is C16H18N4O2. The summed E-state index contributed by atoms with van der Waals surface area (Å²) in [5.74, 6) is -0.0908. The highest BCUT2D eigenvalue weighted by atomic mass is 16.2. The predicted molar refractivity (Wildman–Crippen MR) is 81.5 cm³/mol. The van der Waals surface area contributed by atoms with Crippen LogP contribution in [0.5, 0.6) is 0 Å². The van der Waals surface area contributed by atoms with Gasteiger partial charge in [0.25, 0.3) is 11.8 Å². The number of aromatic amines is 1. The molecular weight excluding hydrogens is 280 g/mol. The van der Waals surface area contributed by atoms with E-state index in [4.69, 9.17) is 0 Å². The van der Waals surface area contributed by atoms with Crippen molar-refractivity contribution in [1.29, 1.82) is 0 Å². The maximum Gasteiger partial charge on any atom is 0.272 e. The van der Waals surface area contributed by atoms with Crippen molar-refractivity contribution in [3.8, 4) is 0 Å². The molecule has 2 aromatic heterocycles. The van der Waals surface area contributed by atoms with Gasteiger partial charge in [-0.05, 0) is 30.7 Å². The molecule has 0 spiro atoms. The molecule has 0 bridgehead atoms. The van der Waals surface area contributed by atoms with Crippen LogP contribution in [0.1, 0.15) is 27.4 Å². The predicted octanol–water partition coefficient (Wildman–Crippen LogP) is 1.40. The summed E-state index contributed by atoms with van der Waals surface area (Å²) in [5.41, 5.74) is 1.04. The van der Waals surface area contributed by atoms with Gasteiger partial charge in [-0.2, -0.15) is 0 Å². The monoisotopic (exact) mass is 298 g/mol. The summed E-state index contributed by atoms with van der Waals surface area (Å²) in [6.45, 7) is 2.37. The number of nitrogens with one attached hydrogen (secondary N) is 1. The van der Waals surface area contributed by atoms with Gasteiger partial charge in [0.1, 0.15) is 11.4 Å². The molecule has 1 aliphatic rings. The topological polar surface area (TPSA) is 69.3 Å². The number of aromatic nitrogens is 2. The van der Waals surface area contributed by atoms with E-state index in [-0.39, 0.29) is 11.8 Å². The minimum atomic E-state index is -0.0743. The van der Waals surface area contributed by atoms with Crippen LogP contribution in [0, 0.1) is 0 Å². The summed E-state index contributed by atoms with van der Waals surface area (Å²) in [6.07, 6.45) is 4.12. The number of carbonyl (C=O) groups excluding carboxylic acids is 2. The molecule has 3 rings (SSSR count). The van der Waals surface area contributed by atoms with Crippen molar-refractivity contribution in [3.05, 3.63) is 54.1 Å². The Balaban J connectivity index is 1.65. The first-order valence-corrected chi connectivity index (χ1v) is 7.38. The van der Waals surface area contributed by atoms with Crippen molar-refractivity contribution < 1.29 is 9.59 Å². The summed E-state index contributed by atoms with van der Waals surface area (Å²) >= 11 is 0. The molecule has 0 atom stereocenters. The zero-order valence-electron chi connectivity index (χ0n) is 12.2. The van der Waals surface area contributed by atoms with E-state index in [1.807, 2.05) is 6.07 Å². The van der Waals surface area contributed by atoms with Gasteiger partial charge in [0.15, 0.2) is 0 Å². The molecule has 1 N–H and O–H groups in total. The Bertz CT molecular complexity index is 639. The number of amides is 2. The number of H-pyrrole nitrogens is 1. The second kappa shape index (κ2) is 6.43. The smallest absolute Gasteiger partial charge is 0.272 e. The normalized spacial score (nSPS) is 15.5. The fraction of sp³-hybridized carbons (Fsp3) is 0.312.